The molecule has 1 aliphatic heterocycles. The number of carbonyl (C=O) groups is 1. The number of nitrogens with one attached hydrogen (secondary N) is 1. The number of fused-ring (bicyclic) bond motifs is 1. The first-order valence-corrected chi connectivity index (χ1v) is 10.8. The second kappa shape index (κ2) is 8.84. The first kappa shape index (κ1) is 20.3. The number of amides is 1. The van der Waals surface area contributed by atoms with Crippen LogP contribution in [0.5, 0.6) is 0 Å². The molecule has 1 fully saturated rings. The molecule has 32 heavy (non-hydrogen) atoms. The van der Waals surface area contributed by atoms with Gasteiger partial charge in [0, 0.05) is 43.2 Å². The van der Waals surface area contributed by atoms with Crippen LogP contribution in [0.25, 0.3) is 33.7 Å². The smallest absolute Gasteiger partial charge is 0.223 e. The van der Waals surface area contributed by atoms with Crippen molar-refractivity contribution in [3.63, 3.8) is 0 Å². The zero-order valence-corrected chi connectivity index (χ0v) is 17.9. The Balaban J connectivity index is 1.45. The van der Waals surface area contributed by atoms with Gasteiger partial charge in [0.25, 0.3) is 0 Å². The summed E-state index contributed by atoms with van der Waals surface area (Å²) in [6.07, 6.45) is 4.67. The lowest BCUT2D eigenvalue weighted by atomic mass is 10.1. The van der Waals surface area contributed by atoms with Crippen LogP contribution in [0.4, 0.5) is 0 Å². The van der Waals surface area contributed by atoms with Gasteiger partial charge < -0.3 is 9.64 Å². The van der Waals surface area contributed by atoms with Crippen molar-refractivity contribution in [1.82, 2.24) is 30.0 Å². The maximum Gasteiger partial charge on any atom is 0.223 e. The van der Waals surface area contributed by atoms with Crippen LogP contribution in [0.1, 0.15) is 17.7 Å². The van der Waals surface area contributed by atoms with Crippen molar-refractivity contribution < 1.29 is 9.53 Å². The average Bonchev–Trinajstić information content (AvgIpc) is 3.33. The minimum absolute atomic E-state index is 0.150. The number of aromatic nitrogens is 5. The lowest BCUT2D eigenvalue weighted by molar-refractivity contribution is -0.135. The van der Waals surface area contributed by atoms with Crippen molar-refractivity contribution >= 4 is 16.9 Å². The lowest BCUT2D eigenvalue weighted by Gasteiger charge is -2.26. The molecule has 8 heteroatoms. The van der Waals surface area contributed by atoms with Crippen LogP contribution in [0.2, 0.25) is 0 Å². The number of ether oxygens (including phenoxy) is 1. The van der Waals surface area contributed by atoms with Gasteiger partial charge in [0.05, 0.1) is 35.6 Å². The third kappa shape index (κ3) is 4.09. The third-order valence-corrected chi connectivity index (χ3v) is 5.69. The molecule has 0 aromatic carbocycles. The van der Waals surface area contributed by atoms with Crippen LogP contribution < -0.4 is 0 Å². The number of H-pyrrole nitrogens is 1. The molecular formula is C24H24N6O2. The fraction of sp³-hybridized carbons (Fsp3) is 0.292. The van der Waals surface area contributed by atoms with Gasteiger partial charge in [0.15, 0.2) is 0 Å². The van der Waals surface area contributed by atoms with E-state index in [0.29, 0.717) is 39.1 Å². The molecule has 1 aliphatic rings. The molecule has 0 atom stereocenters. The second-order valence-corrected chi connectivity index (χ2v) is 7.84. The monoisotopic (exact) mass is 428 g/mol. The summed E-state index contributed by atoms with van der Waals surface area (Å²) in [5.74, 6) is 0.150. The van der Waals surface area contributed by atoms with Gasteiger partial charge in [-0.15, -0.1) is 0 Å². The molecule has 1 N–H and O–H groups in total. The van der Waals surface area contributed by atoms with E-state index in [9.17, 15) is 4.79 Å². The van der Waals surface area contributed by atoms with E-state index in [2.05, 4.69) is 20.2 Å². The van der Waals surface area contributed by atoms with Crippen LogP contribution in [0.15, 0.2) is 48.8 Å². The molecule has 1 amide bonds. The van der Waals surface area contributed by atoms with Gasteiger partial charge in [-0.1, -0.05) is 6.07 Å². The molecule has 8 nitrogen and oxygen atoms in total. The first-order valence-electron chi connectivity index (χ1n) is 10.8. The van der Waals surface area contributed by atoms with E-state index in [1.165, 1.54) is 0 Å². The molecular weight excluding hydrogens is 404 g/mol. The molecule has 162 valence electrons. The number of carbonyl (C=O) groups excluding carboxylic acids is 1. The van der Waals surface area contributed by atoms with Gasteiger partial charge in [0.1, 0.15) is 5.69 Å². The summed E-state index contributed by atoms with van der Waals surface area (Å²) in [7, 11) is 0. The summed E-state index contributed by atoms with van der Waals surface area (Å²) in [6.45, 7) is 4.50. The Morgan fingerprint density at radius 1 is 1.09 bits per heavy atom. The summed E-state index contributed by atoms with van der Waals surface area (Å²) < 4.78 is 5.34. The maximum atomic E-state index is 12.6. The Kier molecular flexibility index (Phi) is 5.60. The second-order valence-electron chi connectivity index (χ2n) is 7.84. The van der Waals surface area contributed by atoms with E-state index in [0.717, 1.165) is 44.9 Å². The van der Waals surface area contributed by atoms with Crippen molar-refractivity contribution in [2.45, 2.75) is 19.8 Å². The van der Waals surface area contributed by atoms with Crippen molar-refractivity contribution in [2.75, 3.05) is 26.3 Å². The highest BCUT2D eigenvalue weighted by Gasteiger charge is 2.18. The third-order valence-electron chi connectivity index (χ3n) is 5.69. The van der Waals surface area contributed by atoms with Crippen molar-refractivity contribution in [1.29, 1.82) is 0 Å². The highest BCUT2D eigenvalue weighted by molar-refractivity contribution is 5.85. The Bertz CT molecular complexity index is 1260. The largest absolute Gasteiger partial charge is 0.378 e. The molecule has 0 bridgehead atoms. The van der Waals surface area contributed by atoms with Gasteiger partial charge in [-0.3, -0.25) is 19.9 Å². The predicted octanol–water partition coefficient (Wildman–Crippen LogP) is 3.18. The Morgan fingerprint density at radius 2 is 1.97 bits per heavy atom. The summed E-state index contributed by atoms with van der Waals surface area (Å²) in [5, 5.41) is 7.36. The molecule has 0 saturated carbocycles. The molecule has 0 aliphatic carbocycles. The molecule has 0 spiro atoms. The van der Waals surface area contributed by atoms with Gasteiger partial charge >= 0.3 is 0 Å². The number of aryl methyl sites for hydroxylation is 2. The highest BCUT2D eigenvalue weighted by atomic mass is 16.5. The minimum Gasteiger partial charge on any atom is -0.378 e. The van der Waals surface area contributed by atoms with E-state index in [4.69, 9.17) is 9.72 Å². The van der Waals surface area contributed by atoms with Gasteiger partial charge in [-0.05, 0) is 49.2 Å². The molecule has 5 heterocycles. The number of hydrogen-bond acceptors (Lipinski definition) is 6. The maximum absolute atomic E-state index is 12.6. The van der Waals surface area contributed by atoms with Gasteiger partial charge in [0.2, 0.25) is 5.91 Å². The molecule has 4 aromatic heterocycles. The zero-order chi connectivity index (χ0) is 21.9. The number of rotatable bonds is 5. The summed E-state index contributed by atoms with van der Waals surface area (Å²) in [5.41, 5.74) is 6.78. The van der Waals surface area contributed by atoms with Crippen LogP contribution in [0, 0.1) is 6.92 Å². The molecule has 0 unspecified atom stereocenters. The van der Waals surface area contributed by atoms with Crippen molar-refractivity contribution in [3.05, 3.63) is 60.0 Å². The molecule has 0 radical (unpaired) electrons. The summed E-state index contributed by atoms with van der Waals surface area (Å²) in [6, 6.07) is 11.7. The normalized spacial score (nSPS) is 14.1. The van der Waals surface area contributed by atoms with Gasteiger partial charge in [-0.2, -0.15) is 5.10 Å². The quantitative estimate of drug-likeness (QED) is 0.524. The van der Waals surface area contributed by atoms with Crippen molar-refractivity contribution in [2.24, 2.45) is 0 Å². The van der Waals surface area contributed by atoms with E-state index >= 15 is 0 Å². The zero-order valence-electron chi connectivity index (χ0n) is 17.9. The number of nitrogens with zero attached hydrogens (tertiary/aromatic N) is 5. The fourth-order valence-electron chi connectivity index (χ4n) is 4.00. The number of hydrogen-bond donors (Lipinski definition) is 1. The SMILES string of the molecule is Cc1cccc(-c2n[nH]cc2-c2ccc3nccc(CCC(=O)N4CCOCC4)c3n2)n1. The van der Waals surface area contributed by atoms with Crippen LogP contribution in [0.3, 0.4) is 0 Å². The Hall–Kier alpha value is -3.65. The van der Waals surface area contributed by atoms with Crippen molar-refractivity contribution in [3.8, 4) is 22.6 Å². The van der Waals surface area contributed by atoms with Crippen LogP contribution >= 0.6 is 0 Å². The van der Waals surface area contributed by atoms with E-state index in [1.54, 1.807) is 6.20 Å². The minimum atomic E-state index is 0.150. The number of aromatic amines is 1. The first-order chi connectivity index (χ1) is 15.7. The Labute approximate surface area is 185 Å². The molecule has 4 aromatic rings. The highest BCUT2D eigenvalue weighted by Crippen LogP contribution is 2.29. The summed E-state index contributed by atoms with van der Waals surface area (Å²) >= 11 is 0. The lowest BCUT2D eigenvalue weighted by Crippen LogP contribution is -2.40. The molecule has 5 rings (SSSR count). The van der Waals surface area contributed by atoms with Gasteiger partial charge in [-0.25, -0.2) is 4.98 Å². The van der Waals surface area contributed by atoms with Crippen LogP contribution in [-0.4, -0.2) is 62.3 Å². The average molecular weight is 428 g/mol. The van der Waals surface area contributed by atoms with E-state index < -0.39 is 0 Å². The van der Waals surface area contributed by atoms with E-state index in [-0.39, 0.29) is 5.91 Å². The van der Waals surface area contributed by atoms with E-state index in [1.807, 2.05) is 54.4 Å². The summed E-state index contributed by atoms with van der Waals surface area (Å²) in [4.78, 5) is 28.5. The number of morpholine rings is 1. The Morgan fingerprint density at radius 3 is 2.81 bits per heavy atom. The standard InChI is InChI=1S/C24H24N6O2/c1-16-3-2-4-21(27-16)24-18(15-26-29-24)19-6-7-20-23(28-19)17(9-10-25-20)5-8-22(31)30-11-13-32-14-12-30/h2-4,6-7,9-10,15H,5,8,11-14H2,1H3,(H,26,29). The fourth-order valence-corrected chi connectivity index (χ4v) is 4.00. The molecule has 1 saturated heterocycles. The number of pyridine rings is 3. The van der Waals surface area contributed by atoms with Crippen LogP contribution in [-0.2, 0) is 16.0 Å². The predicted molar refractivity (Wildman–Crippen MR) is 121 cm³/mol. The topological polar surface area (TPSA) is 96.9 Å².